The van der Waals surface area contributed by atoms with Crippen LogP contribution in [-0.2, 0) is 0 Å². The molecule has 0 radical (unpaired) electrons. The Morgan fingerprint density at radius 3 is 2.36 bits per heavy atom. The van der Waals surface area contributed by atoms with Gasteiger partial charge in [0.1, 0.15) is 0 Å². The fourth-order valence-corrected chi connectivity index (χ4v) is 2.34. The van der Waals surface area contributed by atoms with Crippen LogP contribution in [0.1, 0.15) is 5.56 Å². The summed E-state index contributed by atoms with van der Waals surface area (Å²) in [6.07, 6.45) is 0. The minimum absolute atomic E-state index is 0.522. The molecule has 0 aliphatic rings. The maximum Gasteiger partial charge on any atom is 0.0685 e. The van der Waals surface area contributed by atoms with Crippen molar-refractivity contribution in [3.8, 4) is 0 Å². The van der Waals surface area contributed by atoms with Crippen LogP contribution < -0.4 is 0 Å². The number of aryl methyl sites for hydroxylation is 1. The molecule has 0 saturated heterocycles. The summed E-state index contributed by atoms with van der Waals surface area (Å²) in [6, 6.07) is 7.61. The fourth-order valence-electron chi connectivity index (χ4n) is 1.49. The summed E-state index contributed by atoms with van der Waals surface area (Å²) in [7, 11) is 0. The summed E-state index contributed by atoms with van der Waals surface area (Å²) in [5.74, 6) is 0. The number of benzene rings is 2. The van der Waals surface area contributed by atoms with Crippen LogP contribution in [-0.4, -0.2) is 0 Å². The minimum atomic E-state index is 0.522. The van der Waals surface area contributed by atoms with Gasteiger partial charge in [0.25, 0.3) is 0 Å². The number of hydrogen-bond donors (Lipinski definition) is 0. The summed E-state index contributed by atoms with van der Waals surface area (Å²) >= 11 is 18.1. The third-order valence-corrected chi connectivity index (χ3v) is 3.21. The highest BCUT2D eigenvalue weighted by Gasteiger charge is 2.07. The molecule has 0 spiro atoms. The largest absolute Gasteiger partial charge is 0.0836 e. The maximum atomic E-state index is 6.10. The zero-order valence-corrected chi connectivity index (χ0v) is 9.71. The van der Waals surface area contributed by atoms with Gasteiger partial charge in [-0.25, -0.2) is 0 Å². The molecule has 2 aromatic rings. The topological polar surface area (TPSA) is 0 Å². The highest BCUT2D eigenvalue weighted by atomic mass is 35.5. The van der Waals surface area contributed by atoms with Crippen LogP contribution >= 0.6 is 34.8 Å². The molecule has 0 bridgehead atoms. The molecule has 72 valence electrons. The molecule has 0 heterocycles. The monoisotopic (exact) mass is 244 g/mol. The van der Waals surface area contributed by atoms with Crippen molar-refractivity contribution < 1.29 is 0 Å². The Labute approximate surface area is 97.4 Å². The Morgan fingerprint density at radius 2 is 1.64 bits per heavy atom. The minimum Gasteiger partial charge on any atom is -0.0836 e. The molecule has 0 N–H and O–H groups in total. The summed E-state index contributed by atoms with van der Waals surface area (Å²) < 4.78 is 0. The number of rotatable bonds is 0. The van der Waals surface area contributed by atoms with E-state index in [1.807, 2.05) is 25.1 Å². The molecular formula is C11H7Cl3. The van der Waals surface area contributed by atoms with Crippen molar-refractivity contribution in [2.45, 2.75) is 6.92 Å². The van der Waals surface area contributed by atoms with Crippen molar-refractivity contribution in [3.05, 3.63) is 44.9 Å². The second-order valence-electron chi connectivity index (χ2n) is 3.21. The number of fused-ring (bicyclic) bond motifs is 1. The van der Waals surface area contributed by atoms with E-state index in [0.29, 0.717) is 15.1 Å². The summed E-state index contributed by atoms with van der Waals surface area (Å²) in [4.78, 5) is 0. The van der Waals surface area contributed by atoms with Crippen LogP contribution in [0.5, 0.6) is 0 Å². The number of hydrogen-bond acceptors (Lipinski definition) is 0. The SMILES string of the molecule is Cc1cc(Cl)c2c(Cl)c(Cl)ccc2c1. The molecule has 0 aromatic heterocycles. The van der Waals surface area contributed by atoms with E-state index in [2.05, 4.69) is 0 Å². The van der Waals surface area contributed by atoms with E-state index >= 15 is 0 Å². The quantitative estimate of drug-likeness (QED) is 0.605. The lowest BCUT2D eigenvalue weighted by Crippen LogP contribution is -1.80. The second-order valence-corrected chi connectivity index (χ2v) is 4.40. The van der Waals surface area contributed by atoms with E-state index in [1.165, 1.54) is 0 Å². The lowest BCUT2D eigenvalue weighted by molar-refractivity contribution is 1.50. The maximum absolute atomic E-state index is 6.10. The second kappa shape index (κ2) is 3.62. The van der Waals surface area contributed by atoms with E-state index in [-0.39, 0.29) is 0 Å². The van der Waals surface area contributed by atoms with Gasteiger partial charge in [0, 0.05) is 5.39 Å². The lowest BCUT2D eigenvalue weighted by atomic mass is 10.1. The van der Waals surface area contributed by atoms with Crippen molar-refractivity contribution in [2.24, 2.45) is 0 Å². The summed E-state index contributed by atoms with van der Waals surface area (Å²) in [5.41, 5.74) is 1.11. The Kier molecular flexibility index (Phi) is 2.61. The molecule has 0 aliphatic carbocycles. The van der Waals surface area contributed by atoms with Crippen LogP contribution in [0, 0.1) is 6.92 Å². The summed E-state index contributed by atoms with van der Waals surface area (Å²) in [6.45, 7) is 1.99. The van der Waals surface area contributed by atoms with Gasteiger partial charge in [-0.15, -0.1) is 0 Å². The molecule has 2 rings (SSSR count). The molecule has 0 saturated carbocycles. The van der Waals surface area contributed by atoms with Crippen LogP contribution in [0.15, 0.2) is 24.3 Å². The highest BCUT2D eigenvalue weighted by molar-refractivity contribution is 6.48. The van der Waals surface area contributed by atoms with Crippen molar-refractivity contribution >= 4 is 45.6 Å². The van der Waals surface area contributed by atoms with Crippen LogP contribution in [0.4, 0.5) is 0 Å². The van der Waals surface area contributed by atoms with Crippen molar-refractivity contribution in [2.75, 3.05) is 0 Å². The third kappa shape index (κ3) is 1.58. The van der Waals surface area contributed by atoms with Gasteiger partial charge >= 0.3 is 0 Å². The highest BCUT2D eigenvalue weighted by Crippen LogP contribution is 2.35. The van der Waals surface area contributed by atoms with E-state index in [4.69, 9.17) is 34.8 Å². The Bertz CT molecular complexity index is 503. The zero-order valence-electron chi connectivity index (χ0n) is 7.44. The molecule has 0 amide bonds. The third-order valence-electron chi connectivity index (χ3n) is 2.10. The van der Waals surface area contributed by atoms with E-state index in [9.17, 15) is 0 Å². The van der Waals surface area contributed by atoms with Crippen LogP contribution in [0.25, 0.3) is 10.8 Å². The molecule has 3 heteroatoms. The van der Waals surface area contributed by atoms with Gasteiger partial charge in [-0.3, -0.25) is 0 Å². The van der Waals surface area contributed by atoms with Gasteiger partial charge in [0.15, 0.2) is 0 Å². The fraction of sp³-hybridized carbons (Fsp3) is 0.0909. The van der Waals surface area contributed by atoms with Gasteiger partial charge in [-0.1, -0.05) is 46.9 Å². The molecule has 0 unspecified atom stereocenters. The van der Waals surface area contributed by atoms with Crippen molar-refractivity contribution in [3.63, 3.8) is 0 Å². The van der Waals surface area contributed by atoms with E-state index in [0.717, 1.165) is 16.3 Å². The average molecular weight is 246 g/mol. The van der Waals surface area contributed by atoms with Crippen molar-refractivity contribution in [1.82, 2.24) is 0 Å². The molecule has 0 nitrogen and oxygen atoms in total. The zero-order chi connectivity index (χ0) is 10.3. The van der Waals surface area contributed by atoms with Gasteiger partial charge in [0.05, 0.1) is 15.1 Å². The first-order chi connectivity index (χ1) is 6.59. The van der Waals surface area contributed by atoms with Gasteiger partial charge in [0.2, 0.25) is 0 Å². The molecule has 2 aromatic carbocycles. The predicted molar refractivity (Wildman–Crippen MR) is 63.7 cm³/mol. The Balaban J connectivity index is 2.95. The standard InChI is InChI=1S/C11H7Cl3/c1-6-4-7-2-3-8(12)11(14)10(7)9(13)5-6/h2-5H,1H3. The molecule has 0 aliphatic heterocycles. The molecular weight excluding hydrogens is 238 g/mol. The number of halogens is 3. The molecule has 0 fully saturated rings. The molecule has 0 atom stereocenters. The van der Waals surface area contributed by atoms with E-state index in [1.54, 1.807) is 6.07 Å². The van der Waals surface area contributed by atoms with Gasteiger partial charge < -0.3 is 0 Å². The Morgan fingerprint density at radius 1 is 0.929 bits per heavy atom. The van der Waals surface area contributed by atoms with Crippen molar-refractivity contribution in [1.29, 1.82) is 0 Å². The van der Waals surface area contributed by atoms with E-state index < -0.39 is 0 Å². The molecule has 14 heavy (non-hydrogen) atoms. The normalized spacial score (nSPS) is 10.9. The first kappa shape index (κ1) is 10.1. The predicted octanol–water partition coefficient (Wildman–Crippen LogP) is 5.11. The van der Waals surface area contributed by atoms with Crippen LogP contribution in [0.2, 0.25) is 15.1 Å². The van der Waals surface area contributed by atoms with Gasteiger partial charge in [-0.2, -0.15) is 0 Å². The first-order valence-electron chi connectivity index (χ1n) is 4.13. The Hall–Kier alpha value is -0.430. The average Bonchev–Trinajstić information content (AvgIpc) is 2.10. The lowest BCUT2D eigenvalue weighted by Gasteiger charge is -2.06. The van der Waals surface area contributed by atoms with Gasteiger partial charge in [-0.05, 0) is 30.0 Å². The summed E-state index contributed by atoms with van der Waals surface area (Å²) in [5, 5.41) is 3.54. The first-order valence-corrected chi connectivity index (χ1v) is 5.27. The van der Waals surface area contributed by atoms with Crippen LogP contribution in [0.3, 0.4) is 0 Å². The smallest absolute Gasteiger partial charge is 0.0685 e.